The molecule has 0 atom stereocenters. The largest absolute Gasteiger partial charge is 0.489 e. The predicted molar refractivity (Wildman–Crippen MR) is 300 cm³/mol. The Morgan fingerprint density at radius 2 is 0.539 bits per heavy atom. The number of ether oxygens (including phenoxy) is 6. The Bertz CT molecular complexity index is 2930. The lowest BCUT2D eigenvalue weighted by Crippen LogP contribution is -2.02. The van der Waals surface area contributed by atoms with Gasteiger partial charge < -0.3 is 28.4 Å². The minimum atomic E-state index is -0.0664. The number of nitrogens with zero attached hydrogens (tertiary/aromatic N) is 4. The van der Waals surface area contributed by atoms with E-state index >= 15 is 0 Å². The fourth-order valence-corrected chi connectivity index (χ4v) is 7.47. The summed E-state index contributed by atoms with van der Waals surface area (Å²) in [6.07, 6.45) is 0. The van der Waals surface area contributed by atoms with Crippen molar-refractivity contribution >= 4 is 46.4 Å². The number of rotatable bonds is 20. The summed E-state index contributed by atoms with van der Waals surface area (Å²) >= 11 is 19.1. The Morgan fingerprint density at radius 3 is 0.789 bits per heavy atom. The van der Waals surface area contributed by atoms with Gasteiger partial charge in [0.1, 0.15) is 86.3 Å². The quantitative estimate of drug-likeness (QED) is 0.0680. The van der Waals surface area contributed by atoms with Crippen molar-refractivity contribution < 1.29 is 28.4 Å². The van der Waals surface area contributed by atoms with Crippen molar-refractivity contribution in [3.63, 3.8) is 0 Å². The third-order valence-corrected chi connectivity index (χ3v) is 11.0. The molecule has 382 valence electrons. The van der Waals surface area contributed by atoms with Crippen molar-refractivity contribution in [3.8, 4) is 69.2 Å². The molecule has 1 heterocycles. The molecule has 0 amide bonds. The number of hydrogen-bond acceptors (Lipinski definition) is 10. The fraction of sp³-hybridized carbons (Fsp3) is 0.129. The summed E-state index contributed by atoms with van der Waals surface area (Å²) in [5.74, 6) is 3.88. The van der Waals surface area contributed by atoms with E-state index in [1.807, 2.05) is 218 Å². The highest BCUT2D eigenvalue weighted by Crippen LogP contribution is 2.34. The molecule has 0 saturated heterocycles. The van der Waals surface area contributed by atoms with Gasteiger partial charge in [-0.2, -0.15) is 10.5 Å². The number of nitriles is 2. The second kappa shape index (κ2) is 30.2. The lowest BCUT2D eigenvalue weighted by molar-refractivity contribution is 0.281. The van der Waals surface area contributed by atoms with E-state index in [1.165, 1.54) is 0 Å². The minimum absolute atomic E-state index is 0.0664. The first-order chi connectivity index (χ1) is 37.4. The maximum atomic E-state index is 9.94. The van der Waals surface area contributed by atoms with Crippen molar-refractivity contribution in [1.29, 1.82) is 10.5 Å². The van der Waals surface area contributed by atoms with Crippen LogP contribution in [0.2, 0.25) is 0 Å². The molecule has 10 nitrogen and oxygen atoms in total. The van der Waals surface area contributed by atoms with Gasteiger partial charge in [0.05, 0.1) is 22.1 Å². The van der Waals surface area contributed by atoms with Gasteiger partial charge in [-0.1, -0.05) is 121 Å². The third-order valence-electron chi connectivity index (χ3n) is 11.0. The van der Waals surface area contributed by atoms with Crippen LogP contribution in [0.25, 0.3) is 22.5 Å². The monoisotopic (exact) mass is 1090 g/mol. The molecule has 0 N–H and O–H groups in total. The molecule has 9 aromatic rings. The lowest BCUT2D eigenvalue weighted by atomic mass is 10.0. The Labute approximate surface area is 463 Å². The Balaban J connectivity index is 0.00000134. The average molecular weight is 1090 g/mol. The number of hydrogen-bond donors (Lipinski definition) is 0. The Hall–Kier alpha value is -8.22. The van der Waals surface area contributed by atoms with E-state index in [-0.39, 0.29) is 35.3 Å². The van der Waals surface area contributed by atoms with Crippen LogP contribution in [-0.4, -0.2) is 20.6 Å². The number of aromatic nitrogens is 2. The molecule has 0 spiro atoms. The highest BCUT2D eigenvalue weighted by molar-refractivity contribution is 6.41. The van der Waals surface area contributed by atoms with Gasteiger partial charge in [-0.05, 0) is 106 Å². The van der Waals surface area contributed by atoms with Gasteiger partial charge in [-0.25, -0.2) is 9.97 Å². The topological polar surface area (TPSA) is 129 Å². The number of halogens is 4. The zero-order chi connectivity index (χ0) is 53.2. The molecule has 1 aromatic heterocycles. The molecule has 0 bridgehead atoms. The highest BCUT2D eigenvalue weighted by atomic mass is 35.5. The van der Waals surface area contributed by atoms with Crippen LogP contribution in [0.4, 0.5) is 0 Å². The Kier molecular flexibility index (Phi) is 22.1. The molecule has 14 heteroatoms. The van der Waals surface area contributed by atoms with E-state index in [1.54, 1.807) is 0 Å². The summed E-state index contributed by atoms with van der Waals surface area (Å²) in [7, 11) is 0. The fourth-order valence-electron chi connectivity index (χ4n) is 7.47. The number of alkyl halides is 4. The molecule has 0 fully saturated rings. The number of benzene rings is 8. The highest BCUT2D eigenvalue weighted by Gasteiger charge is 2.18. The second-order valence-electron chi connectivity index (χ2n) is 16.4. The lowest BCUT2D eigenvalue weighted by Gasteiger charge is -2.14. The summed E-state index contributed by atoms with van der Waals surface area (Å²) in [6, 6.07) is 70.4. The van der Waals surface area contributed by atoms with Crippen LogP contribution in [0, 0.1) is 22.7 Å². The Morgan fingerprint density at radius 1 is 0.303 bits per heavy atom. The summed E-state index contributed by atoms with van der Waals surface area (Å²) < 4.78 is 37.4. The molecule has 0 saturated carbocycles. The maximum Gasteiger partial charge on any atom is 0.177 e. The molecule has 76 heavy (non-hydrogen) atoms. The van der Waals surface area contributed by atoms with Crippen LogP contribution < -0.4 is 28.4 Å². The minimum Gasteiger partial charge on any atom is -0.489 e. The van der Waals surface area contributed by atoms with E-state index in [0.29, 0.717) is 83.4 Å². The van der Waals surface area contributed by atoms with E-state index in [2.05, 4.69) is 9.97 Å². The molecule has 9 rings (SSSR count). The van der Waals surface area contributed by atoms with E-state index in [4.69, 9.17) is 74.8 Å². The SMILES string of the molecule is ClCCl.ClCCl.N#Cc1nc(-c2ccc(OCc3cc(OCc4ccccc4)cc(OCc4ccccc4)c3)cc2)c(-c2ccc(OCc3cc(OCc4ccccc4)cc(OCc4ccccc4)c3)cc2)nc1C#N. The molecule has 0 aliphatic heterocycles. The normalized spacial score (nSPS) is 10.2. The molecule has 0 aliphatic rings. The molecule has 0 unspecified atom stereocenters. The second-order valence-corrected chi connectivity index (χ2v) is 18.0. The first kappa shape index (κ1) is 55.5. The molecular weight excluding hydrogens is 1040 g/mol. The predicted octanol–water partition coefficient (Wildman–Crippen LogP) is 15.9. The van der Waals surface area contributed by atoms with Crippen LogP contribution in [0.15, 0.2) is 206 Å². The van der Waals surface area contributed by atoms with Crippen molar-refractivity contribution in [2.75, 3.05) is 10.7 Å². The van der Waals surface area contributed by atoms with E-state index in [0.717, 1.165) is 33.4 Å². The summed E-state index contributed by atoms with van der Waals surface area (Å²) in [6.45, 7) is 2.12. The van der Waals surface area contributed by atoms with Gasteiger partial charge in [0.2, 0.25) is 0 Å². The van der Waals surface area contributed by atoms with Crippen LogP contribution in [-0.2, 0) is 39.6 Å². The van der Waals surface area contributed by atoms with Gasteiger partial charge in [0.15, 0.2) is 11.4 Å². The van der Waals surface area contributed by atoms with Crippen molar-refractivity contribution in [3.05, 3.63) is 251 Å². The maximum absolute atomic E-state index is 9.94. The first-order valence-electron chi connectivity index (χ1n) is 23.7. The average Bonchev–Trinajstić information content (AvgIpc) is 3.47. The van der Waals surface area contributed by atoms with Gasteiger partial charge in [-0.3, -0.25) is 0 Å². The van der Waals surface area contributed by atoms with Crippen LogP contribution in [0.1, 0.15) is 44.8 Å². The van der Waals surface area contributed by atoms with Crippen molar-refractivity contribution in [1.82, 2.24) is 9.97 Å². The third kappa shape index (κ3) is 17.4. The zero-order valence-electron chi connectivity index (χ0n) is 41.0. The molecule has 0 aliphatic carbocycles. The van der Waals surface area contributed by atoms with Gasteiger partial charge in [-0.15, -0.1) is 46.4 Å². The molecule has 0 radical (unpaired) electrons. The standard InChI is InChI=1S/C60H46N4O6.2CH2Cl2/c61-35-57-58(36-62)64-60(50-23-27-52(28-24-50)66-42-48-31-55(69-39-45-17-9-3-10-18-45)34-56(32-48)70-40-46-19-11-4-12-20-46)59(63-57)49-21-25-51(26-22-49)65-41-47-29-53(67-37-43-13-5-1-6-14-43)33-54(30-47)68-38-44-15-7-2-8-16-44;2*2-1-3/h1-34H,37-42H2;2*1H2. The van der Waals surface area contributed by atoms with Crippen LogP contribution >= 0.6 is 46.4 Å². The van der Waals surface area contributed by atoms with Crippen LogP contribution in [0.3, 0.4) is 0 Å². The van der Waals surface area contributed by atoms with Gasteiger partial charge in [0, 0.05) is 23.3 Å². The molecule has 8 aromatic carbocycles. The van der Waals surface area contributed by atoms with Crippen LogP contribution in [0.5, 0.6) is 34.5 Å². The van der Waals surface area contributed by atoms with E-state index < -0.39 is 0 Å². The first-order valence-corrected chi connectivity index (χ1v) is 25.9. The van der Waals surface area contributed by atoms with Gasteiger partial charge >= 0.3 is 0 Å². The van der Waals surface area contributed by atoms with Gasteiger partial charge in [0.25, 0.3) is 0 Å². The summed E-state index contributed by atoms with van der Waals surface area (Å²) in [4.78, 5) is 9.29. The zero-order valence-corrected chi connectivity index (χ0v) is 44.1. The van der Waals surface area contributed by atoms with Crippen molar-refractivity contribution in [2.45, 2.75) is 39.6 Å². The smallest absolute Gasteiger partial charge is 0.177 e. The summed E-state index contributed by atoms with van der Waals surface area (Å²) in [5, 5.41) is 20.3. The summed E-state index contributed by atoms with van der Waals surface area (Å²) in [5.41, 5.74) is 8.06. The van der Waals surface area contributed by atoms with E-state index in [9.17, 15) is 10.5 Å². The molecular formula is C62H50Cl4N4O6. The van der Waals surface area contributed by atoms with Crippen molar-refractivity contribution in [2.24, 2.45) is 0 Å².